The summed E-state index contributed by atoms with van der Waals surface area (Å²) in [7, 11) is -3.78. The minimum atomic E-state index is -3.78. The molecule has 2 heterocycles. The predicted molar refractivity (Wildman–Crippen MR) is 110 cm³/mol. The Morgan fingerprint density at radius 3 is 2.62 bits per heavy atom. The van der Waals surface area contributed by atoms with Gasteiger partial charge < -0.3 is 10.1 Å². The SMILES string of the molecule is CCOC(=O)c1sc(NC(=O)C2CCCN2S(=O)(=O)c2ccc(C)cc2)nc1C. The highest BCUT2D eigenvalue weighted by atomic mass is 32.2. The number of benzene rings is 1. The number of hydrogen-bond acceptors (Lipinski definition) is 7. The molecule has 29 heavy (non-hydrogen) atoms. The third-order valence-corrected chi connectivity index (χ3v) is 7.60. The van der Waals surface area contributed by atoms with Gasteiger partial charge >= 0.3 is 5.97 Å². The number of hydrogen-bond donors (Lipinski definition) is 1. The molecule has 2 aromatic rings. The third-order valence-electron chi connectivity index (χ3n) is 4.62. The van der Waals surface area contributed by atoms with E-state index in [4.69, 9.17) is 4.74 Å². The first-order valence-corrected chi connectivity index (χ1v) is 11.5. The summed E-state index contributed by atoms with van der Waals surface area (Å²) in [6.45, 7) is 5.76. The molecule has 0 aliphatic carbocycles. The van der Waals surface area contributed by atoms with Crippen molar-refractivity contribution >= 4 is 38.4 Å². The van der Waals surface area contributed by atoms with Crippen LogP contribution in [-0.4, -0.2) is 48.8 Å². The second-order valence-corrected chi connectivity index (χ2v) is 9.62. The molecular weight excluding hydrogens is 414 g/mol. The number of rotatable bonds is 6. The molecule has 8 nitrogen and oxygen atoms in total. The zero-order valence-electron chi connectivity index (χ0n) is 16.5. The molecule has 1 atom stereocenters. The molecule has 1 aromatic heterocycles. The average molecular weight is 438 g/mol. The zero-order valence-corrected chi connectivity index (χ0v) is 18.1. The van der Waals surface area contributed by atoms with Crippen LogP contribution in [0.4, 0.5) is 5.13 Å². The molecule has 0 radical (unpaired) electrons. The Morgan fingerprint density at radius 1 is 1.28 bits per heavy atom. The lowest BCUT2D eigenvalue weighted by molar-refractivity contribution is -0.119. The number of ether oxygens (including phenoxy) is 1. The molecule has 1 saturated heterocycles. The van der Waals surface area contributed by atoms with Gasteiger partial charge in [0, 0.05) is 6.54 Å². The van der Waals surface area contributed by atoms with Crippen LogP contribution in [0.25, 0.3) is 0 Å². The third kappa shape index (κ3) is 4.49. The lowest BCUT2D eigenvalue weighted by Gasteiger charge is -2.23. The first kappa shape index (κ1) is 21.4. The number of anilines is 1. The Hall–Kier alpha value is -2.30. The summed E-state index contributed by atoms with van der Waals surface area (Å²) >= 11 is 1.02. The van der Waals surface area contributed by atoms with E-state index in [0.29, 0.717) is 23.4 Å². The number of sulfonamides is 1. The molecule has 1 amide bonds. The summed E-state index contributed by atoms with van der Waals surface area (Å²) in [5.41, 5.74) is 1.41. The summed E-state index contributed by atoms with van der Waals surface area (Å²) in [5.74, 6) is -0.949. The molecule has 1 aliphatic rings. The first-order chi connectivity index (χ1) is 13.7. The molecule has 0 saturated carbocycles. The van der Waals surface area contributed by atoms with E-state index in [1.165, 1.54) is 4.31 Å². The molecule has 0 spiro atoms. The lowest BCUT2D eigenvalue weighted by atomic mass is 10.2. The van der Waals surface area contributed by atoms with Crippen LogP contribution in [0.5, 0.6) is 0 Å². The zero-order chi connectivity index (χ0) is 21.2. The van der Waals surface area contributed by atoms with E-state index in [0.717, 1.165) is 16.9 Å². The number of carbonyl (C=O) groups is 2. The highest BCUT2D eigenvalue weighted by molar-refractivity contribution is 7.89. The van der Waals surface area contributed by atoms with Crippen LogP contribution in [0.1, 0.15) is 40.7 Å². The molecule has 1 aliphatic heterocycles. The fourth-order valence-corrected chi connectivity index (χ4v) is 5.68. The summed E-state index contributed by atoms with van der Waals surface area (Å²) in [6.07, 6.45) is 1.01. The van der Waals surface area contributed by atoms with Crippen LogP contribution < -0.4 is 5.32 Å². The summed E-state index contributed by atoms with van der Waals surface area (Å²) in [5, 5.41) is 2.90. The topological polar surface area (TPSA) is 106 Å². The van der Waals surface area contributed by atoms with Crippen molar-refractivity contribution < 1.29 is 22.7 Å². The van der Waals surface area contributed by atoms with E-state index in [-0.39, 0.29) is 23.2 Å². The number of nitrogens with one attached hydrogen (secondary N) is 1. The van der Waals surface area contributed by atoms with Crippen molar-refractivity contribution in [3.63, 3.8) is 0 Å². The molecule has 1 fully saturated rings. The predicted octanol–water partition coefficient (Wildman–Crippen LogP) is 2.73. The molecule has 156 valence electrons. The fourth-order valence-electron chi connectivity index (χ4n) is 3.16. The van der Waals surface area contributed by atoms with Gasteiger partial charge in [-0.3, -0.25) is 4.79 Å². The maximum atomic E-state index is 13.0. The van der Waals surface area contributed by atoms with Gasteiger partial charge in [-0.25, -0.2) is 18.2 Å². The smallest absolute Gasteiger partial charge is 0.350 e. The van der Waals surface area contributed by atoms with E-state index in [1.807, 2.05) is 6.92 Å². The molecule has 0 bridgehead atoms. The second kappa shape index (κ2) is 8.60. The van der Waals surface area contributed by atoms with Crippen molar-refractivity contribution in [2.24, 2.45) is 0 Å². The standard InChI is InChI=1S/C19H23N3O5S2/c1-4-27-18(24)16-13(3)20-19(28-16)21-17(23)15-6-5-11-22(15)29(25,26)14-9-7-12(2)8-10-14/h7-10,15H,4-6,11H2,1-3H3,(H,20,21,23). The average Bonchev–Trinajstić information content (AvgIpc) is 3.29. The number of carbonyl (C=O) groups excluding carboxylic acids is 2. The van der Waals surface area contributed by atoms with Crippen LogP contribution >= 0.6 is 11.3 Å². The van der Waals surface area contributed by atoms with E-state index >= 15 is 0 Å². The minimum Gasteiger partial charge on any atom is -0.462 e. The monoisotopic (exact) mass is 437 g/mol. The molecule has 1 N–H and O–H groups in total. The van der Waals surface area contributed by atoms with Gasteiger partial charge in [-0.2, -0.15) is 4.31 Å². The molecule has 10 heteroatoms. The lowest BCUT2D eigenvalue weighted by Crippen LogP contribution is -2.43. The fraction of sp³-hybridized carbons (Fsp3) is 0.421. The van der Waals surface area contributed by atoms with Crippen LogP contribution in [0.2, 0.25) is 0 Å². The Balaban J connectivity index is 1.78. The van der Waals surface area contributed by atoms with E-state index in [2.05, 4.69) is 10.3 Å². The second-order valence-electron chi connectivity index (χ2n) is 6.73. The van der Waals surface area contributed by atoms with Crippen molar-refractivity contribution in [3.05, 3.63) is 40.4 Å². The van der Waals surface area contributed by atoms with Crippen LogP contribution in [0, 0.1) is 13.8 Å². The van der Waals surface area contributed by atoms with Gasteiger partial charge in [0.05, 0.1) is 17.2 Å². The minimum absolute atomic E-state index is 0.164. The summed E-state index contributed by atoms with van der Waals surface area (Å²) in [4.78, 5) is 29.4. The molecule has 1 aromatic carbocycles. The molecule has 3 rings (SSSR count). The highest BCUT2D eigenvalue weighted by Gasteiger charge is 2.39. The Kier molecular flexibility index (Phi) is 6.35. The van der Waals surface area contributed by atoms with Crippen molar-refractivity contribution in [2.45, 2.75) is 44.6 Å². The van der Waals surface area contributed by atoms with Crippen LogP contribution in [0.3, 0.4) is 0 Å². The normalized spacial score (nSPS) is 17.3. The van der Waals surface area contributed by atoms with E-state index < -0.39 is 27.9 Å². The van der Waals surface area contributed by atoms with Crippen molar-refractivity contribution in [1.82, 2.24) is 9.29 Å². The largest absolute Gasteiger partial charge is 0.462 e. The number of thiazole rings is 1. The molecule has 1 unspecified atom stereocenters. The van der Waals surface area contributed by atoms with Crippen molar-refractivity contribution in [3.8, 4) is 0 Å². The van der Waals surface area contributed by atoms with Gasteiger partial charge in [-0.15, -0.1) is 0 Å². The van der Waals surface area contributed by atoms with Gasteiger partial charge in [-0.05, 0) is 45.7 Å². The Morgan fingerprint density at radius 2 is 1.97 bits per heavy atom. The quantitative estimate of drug-likeness (QED) is 0.697. The van der Waals surface area contributed by atoms with E-state index in [9.17, 15) is 18.0 Å². The highest BCUT2D eigenvalue weighted by Crippen LogP contribution is 2.29. The number of aromatic nitrogens is 1. The van der Waals surface area contributed by atoms with Crippen LogP contribution in [0.15, 0.2) is 29.2 Å². The van der Waals surface area contributed by atoms with Crippen molar-refractivity contribution in [1.29, 1.82) is 0 Å². The Bertz CT molecular complexity index is 1010. The van der Waals surface area contributed by atoms with Gasteiger partial charge in [0.2, 0.25) is 15.9 Å². The maximum absolute atomic E-state index is 13.0. The van der Waals surface area contributed by atoms with Gasteiger partial charge in [0.1, 0.15) is 10.9 Å². The van der Waals surface area contributed by atoms with Crippen LogP contribution in [-0.2, 0) is 19.6 Å². The summed E-state index contributed by atoms with van der Waals surface area (Å²) in [6, 6.07) is 5.73. The van der Waals surface area contributed by atoms with Gasteiger partial charge in [0.25, 0.3) is 0 Å². The van der Waals surface area contributed by atoms with Crippen molar-refractivity contribution in [2.75, 3.05) is 18.5 Å². The van der Waals surface area contributed by atoms with Gasteiger partial charge in [0.15, 0.2) is 5.13 Å². The van der Waals surface area contributed by atoms with E-state index in [1.54, 1.807) is 38.1 Å². The number of amides is 1. The number of aryl methyl sites for hydroxylation is 2. The number of esters is 1. The Labute approximate surface area is 173 Å². The van der Waals surface area contributed by atoms with Gasteiger partial charge in [-0.1, -0.05) is 29.0 Å². The maximum Gasteiger partial charge on any atom is 0.350 e. The number of nitrogens with zero attached hydrogens (tertiary/aromatic N) is 2. The summed E-state index contributed by atoms with van der Waals surface area (Å²) < 4.78 is 32.2. The molecular formula is C19H23N3O5S2. The first-order valence-electron chi connectivity index (χ1n) is 9.28.